The molecule has 3 nitrogen and oxygen atoms in total. The van der Waals surface area contributed by atoms with Gasteiger partial charge in [0.15, 0.2) is 0 Å². The van der Waals surface area contributed by atoms with Gasteiger partial charge in [0.2, 0.25) is 0 Å². The van der Waals surface area contributed by atoms with E-state index in [9.17, 15) is 13.9 Å². The van der Waals surface area contributed by atoms with Crippen LogP contribution in [0.4, 0.5) is 8.78 Å². The number of thiazole rings is 1. The van der Waals surface area contributed by atoms with Gasteiger partial charge < -0.3 is 10.4 Å². The molecule has 0 radical (unpaired) electrons. The minimum Gasteiger partial charge on any atom is -0.387 e. The number of hydrogen-bond donors (Lipinski definition) is 2. The predicted octanol–water partition coefficient (Wildman–Crippen LogP) is 3.54. The highest BCUT2D eigenvalue weighted by Gasteiger charge is 2.19. The Morgan fingerprint density at radius 2 is 1.91 bits per heavy atom. The van der Waals surface area contributed by atoms with E-state index in [0.29, 0.717) is 6.54 Å². The second-order valence-electron chi connectivity index (χ2n) is 6.16. The van der Waals surface area contributed by atoms with Gasteiger partial charge in [-0.25, -0.2) is 13.8 Å². The summed E-state index contributed by atoms with van der Waals surface area (Å²) in [5, 5.41) is 14.0. The molecule has 1 atom stereocenters. The van der Waals surface area contributed by atoms with E-state index in [-0.39, 0.29) is 17.5 Å². The average Bonchev–Trinajstić information content (AvgIpc) is 2.87. The topological polar surface area (TPSA) is 45.2 Å². The molecule has 0 spiro atoms. The van der Waals surface area contributed by atoms with Gasteiger partial charge >= 0.3 is 0 Å². The minimum atomic E-state index is -1.23. The first kappa shape index (κ1) is 17.0. The molecule has 2 N–H and O–H groups in total. The zero-order valence-electron chi connectivity index (χ0n) is 12.9. The molecule has 120 valence electrons. The van der Waals surface area contributed by atoms with E-state index < -0.39 is 17.7 Å². The summed E-state index contributed by atoms with van der Waals surface area (Å²) < 4.78 is 27.1. The summed E-state index contributed by atoms with van der Waals surface area (Å²) in [4.78, 5) is 5.39. The van der Waals surface area contributed by atoms with Crippen LogP contribution in [0.3, 0.4) is 0 Å². The molecule has 0 aliphatic rings. The third-order valence-electron chi connectivity index (χ3n) is 3.17. The third kappa shape index (κ3) is 4.09. The number of halogens is 2. The molecule has 0 saturated heterocycles. The van der Waals surface area contributed by atoms with Crippen molar-refractivity contribution in [3.63, 3.8) is 0 Å². The van der Waals surface area contributed by atoms with Crippen molar-refractivity contribution < 1.29 is 13.9 Å². The van der Waals surface area contributed by atoms with Gasteiger partial charge in [-0.3, -0.25) is 0 Å². The lowest BCUT2D eigenvalue weighted by atomic mass is 9.98. The van der Waals surface area contributed by atoms with Gasteiger partial charge in [-0.1, -0.05) is 26.8 Å². The summed E-state index contributed by atoms with van der Waals surface area (Å²) >= 11 is 1.59. The lowest BCUT2D eigenvalue weighted by molar-refractivity contribution is 0.165. The SMILES string of the molecule is CC(C)(C)c1ncc(CNCC(O)c2c(F)cccc2F)s1. The molecule has 0 aliphatic carbocycles. The van der Waals surface area contributed by atoms with Crippen LogP contribution < -0.4 is 5.32 Å². The molecule has 6 heteroatoms. The summed E-state index contributed by atoms with van der Waals surface area (Å²) in [6, 6.07) is 3.56. The van der Waals surface area contributed by atoms with E-state index in [1.165, 1.54) is 6.07 Å². The van der Waals surface area contributed by atoms with Crippen molar-refractivity contribution in [1.29, 1.82) is 0 Å². The first-order chi connectivity index (χ1) is 10.3. The Labute approximate surface area is 133 Å². The van der Waals surface area contributed by atoms with Crippen LogP contribution in [0.25, 0.3) is 0 Å². The summed E-state index contributed by atoms with van der Waals surface area (Å²) in [6.45, 7) is 6.84. The van der Waals surface area contributed by atoms with E-state index in [0.717, 1.165) is 22.0 Å². The second kappa shape index (κ2) is 6.81. The predicted molar refractivity (Wildman–Crippen MR) is 83.8 cm³/mol. The highest BCUT2D eigenvalue weighted by molar-refractivity contribution is 7.11. The quantitative estimate of drug-likeness (QED) is 0.883. The van der Waals surface area contributed by atoms with Crippen molar-refractivity contribution in [2.24, 2.45) is 0 Å². The lowest BCUT2D eigenvalue weighted by Gasteiger charge is -2.14. The number of rotatable bonds is 5. The first-order valence-corrected chi connectivity index (χ1v) is 7.88. The zero-order valence-corrected chi connectivity index (χ0v) is 13.7. The molecule has 0 saturated carbocycles. The Hall–Kier alpha value is -1.37. The standard InChI is InChI=1S/C16H20F2N2OS/c1-16(2,3)15-20-8-10(22-15)7-19-9-13(21)14-11(17)5-4-6-12(14)18/h4-6,8,13,19,21H,7,9H2,1-3H3. The molecule has 1 aromatic carbocycles. The molecule has 22 heavy (non-hydrogen) atoms. The van der Waals surface area contributed by atoms with Crippen LogP contribution in [0.5, 0.6) is 0 Å². The van der Waals surface area contributed by atoms with Crippen molar-refractivity contribution in [3.8, 4) is 0 Å². The second-order valence-corrected chi connectivity index (χ2v) is 7.28. The molecule has 0 fully saturated rings. The van der Waals surface area contributed by atoms with Crippen LogP contribution in [-0.4, -0.2) is 16.6 Å². The van der Waals surface area contributed by atoms with Gasteiger partial charge in [-0.2, -0.15) is 0 Å². The highest BCUT2D eigenvalue weighted by atomic mass is 32.1. The number of aliphatic hydroxyl groups is 1. The summed E-state index contributed by atoms with van der Waals surface area (Å²) in [5.41, 5.74) is -0.298. The fourth-order valence-corrected chi connectivity index (χ4v) is 2.94. The van der Waals surface area contributed by atoms with Crippen LogP contribution in [0, 0.1) is 11.6 Å². The summed E-state index contributed by atoms with van der Waals surface area (Å²) in [7, 11) is 0. The monoisotopic (exact) mass is 326 g/mol. The van der Waals surface area contributed by atoms with Crippen LogP contribution >= 0.6 is 11.3 Å². The maximum atomic E-state index is 13.5. The summed E-state index contributed by atoms with van der Waals surface area (Å²) in [5.74, 6) is -1.47. The van der Waals surface area contributed by atoms with E-state index in [2.05, 4.69) is 31.1 Å². The van der Waals surface area contributed by atoms with Crippen LogP contribution in [-0.2, 0) is 12.0 Å². The fraction of sp³-hybridized carbons (Fsp3) is 0.438. The largest absolute Gasteiger partial charge is 0.387 e. The Balaban J connectivity index is 1.92. The van der Waals surface area contributed by atoms with Crippen LogP contribution in [0.15, 0.2) is 24.4 Å². The fourth-order valence-electron chi connectivity index (χ4n) is 2.00. The molecule has 0 bridgehead atoms. The Bertz CT molecular complexity index is 617. The third-order valence-corrected chi connectivity index (χ3v) is 4.59. The average molecular weight is 326 g/mol. The van der Waals surface area contributed by atoms with Crippen molar-refractivity contribution in [1.82, 2.24) is 10.3 Å². The van der Waals surface area contributed by atoms with Gasteiger partial charge in [-0.15, -0.1) is 11.3 Å². The Morgan fingerprint density at radius 1 is 1.27 bits per heavy atom. The maximum Gasteiger partial charge on any atom is 0.131 e. The number of benzene rings is 1. The van der Waals surface area contributed by atoms with Gasteiger partial charge in [0, 0.05) is 29.6 Å². The molecule has 1 heterocycles. The molecule has 1 unspecified atom stereocenters. The molecular weight excluding hydrogens is 306 g/mol. The van der Waals surface area contributed by atoms with Gasteiger partial charge in [-0.05, 0) is 12.1 Å². The molecule has 0 aliphatic heterocycles. The van der Waals surface area contributed by atoms with Crippen LogP contribution in [0.2, 0.25) is 0 Å². The van der Waals surface area contributed by atoms with Gasteiger partial charge in [0.05, 0.1) is 16.7 Å². The number of aliphatic hydroxyl groups excluding tert-OH is 1. The Morgan fingerprint density at radius 3 is 2.45 bits per heavy atom. The number of hydrogen-bond acceptors (Lipinski definition) is 4. The number of aromatic nitrogens is 1. The molecule has 0 amide bonds. The van der Waals surface area contributed by atoms with E-state index in [1.807, 2.05) is 0 Å². The van der Waals surface area contributed by atoms with Crippen molar-refractivity contribution in [2.45, 2.75) is 38.8 Å². The van der Waals surface area contributed by atoms with Crippen molar-refractivity contribution >= 4 is 11.3 Å². The maximum absolute atomic E-state index is 13.5. The molecular formula is C16H20F2N2OS. The zero-order chi connectivity index (χ0) is 16.3. The van der Waals surface area contributed by atoms with Crippen molar-refractivity contribution in [2.75, 3.05) is 6.54 Å². The molecule has 2 rings (SSSR count). The minimum absolute atomic E-state index is 0.00126. The van der Waals surface area contributed by atoms with E-state index in [4.69, 9.17) is 0 Å². The lowest BCUT2D eigenvalue weighted by Crippen LogP contribution is -2.22. The molecule has 1 aromatic heterocycles. The van der Waals surface area contributed by atoms with Crippen molar-refractivity contribution in [3.05, 3.63) is 51.5 Å². The molecule has 2 aromatic rings. The van der Waals surface area contributed by atoms with Crippen LogP contribution in [0.1, 0.15) is 42.3 Å². The number of nitrogens with one attached hydrogen (secondary N) is 1. The van der Waals surface area contributed by atoms with Gasteiger partial charge in [0.1, 0.15) is 11.6 Å². The van der Waals surface area contributed by atoms with E-state index >= 15 is 0 Å². The normalized spacial score (nSPS) is 13.4. The first-order valence-electron chi connectivity index (χ1n) is 7.07. The number of nitrogens with zero attached hydrogens (tertiary/aromatic N) is 1. The van der Waals surface area contributed by atoms with E-state index in [1.54, 1.807) is 17.5 Å². The Kier molecular flexibility index (Phi) is 5.26. The smallest absolute Gasteiger partial charge is 0.131 e. The highest BCUT2D eigenvalue weighted by Crippen LogP contribution is 2.26. The summed E-state index contributed by atoms with van der Waals surface area (Å²) in [6.07, 6.45) is 0.560. The van der Waals surface area contributed by atoms with Gasteiger partial charge in [0.25, 0.3) is 0 Å².